The number of amides is 1. The SMILES string of the molecule is NC(=O)C1=CC=CN2C=C(c3ccnc4ccccc34)NC12. The standard InChI is InChI=1S/C17H14N4O/c18-16(22)13-5-3-9-21-10-15(20-17(13)21)12-7-8-19-14-6-2-1-4-11(12)14/h1-10,17,20H,(H2,18,22). The van der Waals surface area contributed by atoms with E-state index in [4.69, 9.17) is 5.73 Å². The zero-order valence-electron chi connectivity index (χ0n) is 11.7. The van der Waals surface area contributed by atoms with Crippen molar-refractivity contribution in [3.05, 3.63) is 72.2 Å². The van der Waals surface area contributed by atoms with Crippen molar-refractivity contribution in [3.8, 4) is 0 Å². The highest BCUT2D eigenvalue weighted by Gasteiger charge is 2.30. The van der Waals surface area contributed by atoms with E-state index in [2.05, 4.69) is 10.3 Å². The van der Waals surface area contributed by atoms with Gasteiger partial charge in [-0.1, -0.05) is 18.2 Å². The first-order valence-electron chi connectivity index (χ1n) is 7.02. The fourth-order valence-corrected chi connectivity index (χ4v) is 2.88. The molecule has 108 valence electrons. The Morgan fingerprint density at radius 1 is 1.27 bits per heavy atom. The van der Waals surface area contributed by atoms with Gasteiger partial charge in [-0.3, -0.25) is 9.78 Å². The van der Waals surface area contributed by atoms with E-state index < -0.39 is 5.91 Å². The van der Waals surface area contributed by atoms with Crippen molar-refractivity contribution >= 4 is 22.5 Å². The highest BCUT2D eigenvalue weighted by Crippen LogP contribution is 2.30. The minimum atomic E-state index is -0.416. The average Bonchev–Trinajstić information content (AvgIpc) is 2.97. The predicted molar refractivity (Wildman–Crippen MR) is 84.9 cm³/mol. The van der Waals surface area contributed by atoms with Crippen molar-refractivity contribution in [1.29, 1.82) is 0 Å². The van der Waals surface area contributed by atoms with Gasteiger partial charge in [0, 0.05) is 29.5 Å². The number of aromatic nitrogens is 1. The van der Waals surface area contributed by atoms with E-state index >= 15 is 0 Å². The fraction of sp³-hybridized carbons (Fsp3) is 0.0588. The fourth-order valence-electron chi connectivity index (χ4n) is 2.88. The summed E-state index contributed by atoms with van der Waals surface area (Å²) >= 11 is 0. The zero-order valence-corrected chi connectivity index (χ0v) is 11.7. The van der Waals surface area contributed by atoms with Gasteiger partial charge >= 0.3 is 0 Å². The quantitative estimate of drug-likeness (QED) is 0.883. The maximum absolute atomic E-state index is 11.6. The number of carbonyl (C=O) groups excluding carboxylic acids is 1. The third-order valence-corrected chi connectivity index (χ3v) is 3.92. The van der Waals surface area contributed by atoms with Crippen LogP contribution in [0.1, 0.15) is 5.56 Å². The first kappa shape index (κ1) is 12.6. The first-order chi connectivity index (χ1) is 10.7. The molecule has 2 aliphatic rings. The molecule has 5 heteroatoms. The molecule has 0 spiro atoms. The summed E-state index contributed by atoms with van der Waals surface area (Å²) in [6.45, 7) is 0. The van der Waals surface area contributed by atoms with Gasteiger partial charge in [0.15, 0.2) is 0 Å². The van der Waals surface area contributed by atoms with E-state index in [9.17, 15) is 4.79 Å². The van der Waals surface area contributed by atoms with E-state index in [-0.39, 0.29) is 6.17 Å². The Hall–Kier alpha value is -3.08. The Kier molecular flexibility index (Phi) is 2.72. The minimum absolute atomic E-state index is 0.246. The molecule has 0 radical (unpaired) electrons. The number of hydrogen-bond donors (Lipinski definition) is 2. The third-order valence-electron chi connectivity index (χ3n) is 3.92. The van der Waals surface area contributed by atoms with Gasteiger partial charge in [-0.15, -0.1) is 0 Å². The van der Waals surface area contributed by atoms with Crippen molar-refractivity contribution in [2.24, 2.45) is 5.73 Å². The highest BCUT2D eigenvalue weighted by atomic mass is 16.1. The number of para-hydroxylation sites is 1. The zero-order chi connectivity index (χ0) is 15.1. The monoisotopic (exact) mass is 290 g/mol. The molecule has 1 unspecified atom stereocenters. The summed E-state index contributed by atoms with van der Waals surface area (Å²) in [5, 5.41) is 4.44. The molecule has 3 N–H and O–H groups in total. The van der Waals surface area contributed by atoms with Gasteiger partial charge in [-0.05, 0) is 24.3 Å². The third kappa shape index (κ3) is 1.87. The van der Waals surface area contributed by atoms with Crippen LogP contribution in [0.2, 0.25) is 0 Å². The molecule has 1 amide bonds. The van der Waals surface area contributed by atoms with Crippen LogP contribution in [0.3, 0.4) is 0 Å². The minimum Gasteiger partial charge on any atom is -0.366 e. The number of benzene rings is 1. The average molecular weight is 290 g/mol. The molecule has 4 rings (SSSR count). The lowest BCUT2D eigenvalue weighted by Crippen LogP contribution is -2.40. The van der Waals surface area contributed by atoms with Crippen molar-refractivity contribution in [1.82, 2.24) is 15.2 Å². The molecule has 0 fully saturated rings. The van der Waals surface area contributed by atoms with E-state index in [0.717, 1.165) is 22.2 Å². The van der Waals surface area contributed by atoms with E-state index in [1.807, 2.05) is 53.7 Å². The number of pyridine rings is 1. The number of carbonyl (C=O) groups is 1. The van der Waals surface area contributed by atoms with Crippen molar-refractivity contribution in [2.45, 2.75) is 6.17 Å². The van der Waals surface area contributed by atoms with Gasteiger partial charge in [0.2, 0.25) is 5.91 Å². The summed E-state index contributed by atoms with van der Waals surface area (Å²) in [6, 6.07) is 9.95. The number of rotatable bonds is 2. The molecule has 2 aliphatic heterocycles. The van der Waals surface area contributed by atoms with Crippen LogP contribution in [0.5, 0.6) is 0 Å². The van der Waals surface area contributed by atoms with Crippen molar-refractivity contribution in [3.63, 3.8) is 0 Å². The maximum atomic E-state index is 11.6. The van der Waals surface area contributed by atoms with Crippen LogP contribution in [0, 0.1) is 0 Å². The Morgan fingerprint density at radius 3 is 3.00 bits per heavy atom. The second kappa shape index (κ2) is 4.73. The molecule has 2 aromatic rings. The lowest BCUT2D eigenvalue weighted by Gasteiger charge is -2.25. The van der Waals surface area contributed by atoms with Gasteiger partial charge in [0.1, 0.15) is 6.17 Å². The number of nitrogens with zero attached hydrogens (tertiary/aromatic N) is 2. The molecule has 3 heterocycles. The van der Waals surface area contributed by atoms with Gasteiger partial charge in [0.25, 0.3) is 0 Å². The number of fused-ring (bicyclic) bond motifs is 2. The molecular weight excluding hydrogens is 276 g/mol. The van der Waals surface area contributed by atoms with Crippen LogP contribution >= 0.6 is 0 Å². The Morgan fingerprint density at radius 2 is 2.14 bits per heavy atom. The van der Waals surface area contributed by atoms with Gasteiger partial charge in [0.05, 0.1) is 16.8 Å². The topological polar surface area (TPSA) is 71.2 Å². The lowest BCUT2D eigenvalue weighted by molar-refractivity contribution is -0.115. The number of primary amides is 1. The lowest BCUT2D eigenvalue weighted by atomic mass is 10.1. The second-order valence-corrected chi connectivity index (χ2v) is 5.24. The van der Waals surface area contributed by atoms with E-state index in [1.165, 1.54) is 0 Å². The first-order valence-corrected chi connectivity index (χ1v) is 7.02. The second-order valence-electron chi connectivity index (χ2n) is 5.24. The molecule has 1 atom stereocenters. The Bertz CT molecular complexity index is 861. The maximum Gasteiger partial charge on any atom is 0.248 e. The largest absolute Gasteiger partial charge is 0.366 e. The smallest absolute Gasteiger partial charge is 0.248 e. The summed E-state index contributed by atoms with van der Waals surface area (Å²) in [4.78, 5) is 17.9. The van der Waals surface area contributed by atoms with Crippen LogP contribution < -0.4 is 11.1 Å². The molecule has 5 nitrogen and oxygen atoms in total. The highest BCUT2D eigenvalue weighted by molar-refractivity contribution is 5.96. The predicted octanol–water partition coefficient (Wildman–Crippen LogP) is 1.70. The number of hydrogen-bond acceptors (Lipinski definition) is 4. The molecule has 0 saturated carbocycles. The van der Waals surface area contributed by atoms with Crippen molar-refractivity contribution in [2.75, 3.05) is 0 Å². The van der Waals surface area contributed by atoms with Crippen LogP contribution in [0.15, 0.2) is 66.7 Å². The van der Waals surface area contributed by atoms with E-state index in [0.29, 0.717) is 5.57 Å². The van der Waals surface area contributed by atoms with Crippen LogP contribution in [0.4, 0.5) is 0 Å². The molecule has 0 saturated heterocycles. The molecule has 0 aliphatic carbocycles. The molecule has 1 aromatic carbocycles. The Balaban J connectivity index is 1.78. The normalized spacial score (nSPS) is 19.5. The van der Waals surface area contributed by atoms with Crippen LogP contribution in [0.25, 0.3) is 16.6 Å². The summed E-state index contributed by atoms with van der Waals surface area (Å²) in [7, 11) is 0. The summed E-state index contributed by atoms with van der Waals surface area (Å²) < 4.78 is 0. The molecule has 22 heavy (non-hydrogen) atoms. The summed E-state index contributed by atoms with van der Waals surface area (Å²) in [5.41, 5.74) is 8.94. The molecule has 1 aromatic heterocycles. The van der Waals surface area contributed by atoms with Crippen molar-refractivity contribution < 1.29 is 4.79 Å². The summed E-state index contributed by atoms with van der Waals surface area (Å²) in [6.07, 6.45) is 9.02. The van der Waals surface area contributed by atoms with Gasteiger partial charge in [-0.2, -0.15) is 0 Å². The Labute approximate surface area is 127 Å². The van der Waals surface area contributed by atoms with E-state index in [1.54, 1.807) is 12.3 Å². The summed E-state index contributed by atoms with van der Waals surface area (Å²) in [5.74, 6) is -0.416. The van der Waals surface area contributed by atoms with Crippen LogP contribution in [-0.2, 0) is 4.79 Å². The molecule has 0 bridgehead atoms. The van der Waals surface area contributed by atoms with Crippen LogP contribution in [-0.4, -0.2) is 22.0 Å². The number of allylic oxidation sites excluding steroid dienone is 2. The number of nitrogens with two attached hydrogens (primary N) is 1. The van der Waals surface area contributed by atoms with Gasteiger partial charge < -0.3 is 16.0 Å². The molecular formula is C17H14N4O. The van der Waals surface area contributed by atoms with Gasteiger partial charge in [-0.25, -0.2) is 0 Å². The number of nitrogens with one attached hydrogen (secondary N) is 1.